The molecule has 4 aromatic carbocycles. The van der Waals surface area contributed by atoms with Crippen LogP contribution in [0.2, 0.25) is 0 Å². The number of hydrogen-bond acceptors (Lipinski definition) is 2. The minimum absolute atomic E-state index is 0.0484. The fraction of sp³-hybridized carbons (Fsp3) is 0.206. The molecule has 0 N–H and O–H groups in total. The summed E-state index contributed by atoms with van der Waals surface area (Å²) in [6, 6.07) is 10.9. The first-order chi connectivity index (χ1) is 22.2. The Morgan fingerprint density at radius 3 is 1.42 bits per heavy atom. The van der Waals surface area contributed by atoms with E-state index in [9.17, 15) is 57.5 Å². The topological polar surface area (TPSA) is 26.3 Å². The Labute approximate surface area is 265 Å². The van der Waals surface area contributed by atoms with Crippen molar-refractivity contribution in [2.45, 2.75) is 37.5 Å². The third-order valence-electron chi connectivity index (χ3n) is 7.12. The molecule has 0 aliphatic rings. The Hall–Kier alpha value is -4.75. The van der Waals surface area contributed by atoms with E-state index in [0.717, 1.165) is 24.3 Å². The fourth-order valence-electron chi connectivity index (χ4n) is 4.81. The van der Waals surface area contributed by atoms with E-state index in [1.165, 1.54) is 12.1 Å². The number of hydrogen-bond donors (Lipinski definition) is 0. The molecule has 254 valence electrons. The highest BCUT2D eigenvalue weighted by Crippen LogP contribution is 2.44. The van der Waals surface area contributed by atoms with E-state index in [4.69, 9.17) is 4.74 Å². The van der Waals surface area contributed by atoms with Crippen LogP contribution in [0.5, 0.6) is 0 Å². The zero-order chi connectivity index (χ0) is 35.7. The maximum atomic E-state index is 13.7. The van der Waals surface area contributed by atoms with Gasteiger partial charge in [-0.3, -0.25) is 0 Å². The maximum absolute atomic E-state index is 13.7. The van der Waals surface area contributed by atoms with Crippen molar-refractivity contribution in [3.63, 3.8) is 0 Å². The molecule has 14 heteroatoms. The first-order valence-corrected chi connectivity index (χ1v) is 13.8. The largest absolute Gasteiger partial charge is 0.463 e. The summed E-state index contributed by atoms with van der Waals surface area (Å²) in [5.41, 5.74) is -7.21. The van der Waals surface area contributed by atoms with Crippen LogP contribution in [0.15, 0.2) is 91.5 Å². The third-order valence-corrected chi connectivity index (χ3v) is 7.12. The molecule has 4 rings (SSSR count). The standard InChI is InChI=1S/C34H22F12O2/c1-2-30(47)48-11-3-4-19-5-7-20(8-6-19)29-16-21(22-12-24(31(35,36)37)17-25(13-22)32(38,39)40)9-10-28(29)23-14-26(33(41,42)43)18-27(15-23)34(44,45)46/h2,5-10,12-18H,1,3-4,11H2. The molecule has 0 fully saturated rings. The van der Waals surface area contributed by atoms with Crippen molar-refractivity contribution in [2.75, 3.05) is 6.61 Å². The van der Waals surface area contributed by atoms with Gasteiger partial charge in [-0.1, -0.05) is 43.0 Å². The van der Waals surface area contributed by atoms with Crippen molar-refractivity contribution >= 4 is 5.97 Å². The first-order valence-electron chi connectivity index (χ1n) is 13.8. The summed E-state index contributed by atoms with van der Waals surface area (Å²) in [4.78, 5) is 11.2. The van der Waals surface area contributed by atoms with E-state index in [1.54, 1.807) is 12.1 Å². The van der Waals surface area contributed by atoms with Gasteiger partial charge in [-0.2, -0.15) is 52.7 Å². The predicted molar refractivity (Wildman–Crippen MR) is 152 cm³/mol. The molecule has 0 radical (unpaired) electrons. The molecule has 0 aliphatic heterocycles. The van der Waals surface area contributed by atoms with Crippen LogP contribution in [0.3, 0.4) is 0 Å². The number of aryl methyl sites for hydroxylation is 1. The summed E-state index contributed by atoms with van der Waals surface area (Å²) >= 11 is 0. The lowest BCUT2D eigenvalue weighted by Gasteiger charge is -2.18. The number of carbonyl (C=O) groups is 1. The summed E-state index contributed by atoms with van der Waals surface area (Å²) in [6.45, 7) is 3.32. The van der Waals surface area contributed by atoms with E-state index in [-0.39, 0.29) is 41.0 Å². The van der Waals surface area contributed by atoms with Gasteiger partial charge >= 0.3 is 30.7 Å². The molecule has 0 saturated heterocycles. The Kier molecular flexibility index (Phi) is 10.1. The number of rotatable bonds is 8. The van der Waals surface area contributed by atoms with E-state index in [0.29, 0.717) is 42.7 Å². The van der Waals surface area contributed by atoms with Crippen molar-refractivity contribution in [1.82, 2.24) is 0 Å². The summed E-state index contributed by atoms with van der Waals surface area (Å²) in [5, 5.41) is 0. The normalized spacial score (nSPS) is 12.6. The summed E-state index contributed by atoms with van der Waals surface area (Å²) in [7, 11) is 0. The van der Waals surface area contributed by atoms with Gasteiger partial charge in [0.1, 0.15) is 0 Å². The molecule has 0 unspecified atom stereocenters. The zero-order valence-electron chi connectivity index (χ0n) is 24.3. The molecule has 0 spiro atoms. The van der Waals surface area contributed by atoms with Crippen molar-refractivity contribution in [3.05, 3.63) is 119 Å². The molecule has 0 bridgehead atoms. The van der Waals surface area contributed by atoms with Crippen LogP contribution < -0.4 is 0 Å². The van der Waals surface area contributed by atoms with Crippen molar-refractivity contribution in [2.24, 2.45) is 0 Å². The Morgan fingerprint density at radius 2 is 0.979 bits per heavy atom. The molecule has 48 heavy (non-hydrogen) atoms. The molecule has 2 nitrogen and oxygen atoms in total. The highest BCUT2D eigenvalue weighted by atomic mass is 19.4. The number of esters is 1. The molecule has 0 heterocycles. The van der Waals surface area contributed by atoms with Gasteiger partial charge in [0.05, 0.1) is 28.9 Å². The molecule has 0 amide bonds. The van der Waals surface area contributed by atoms with Gasteiger partial charge in [0.25, 0.3) is 0 Å². The smallest absolute Gasteiger partial charge is 0.416 e. The van der Waals surface area contributed by atoms with E-state index < -0.39 is 64.1 Å². The molecule has 0 aliphatic carbocycles. The fourth-order valence-corrected chi connectivity index (χ4v) is 4.81. The van der Waals surface area contributed by atoms with E-state index >= 15 is 0 Å². The number of halogens is 12. The Bertz CT molecular complexity index is 1730. The first kappa shape index (κ1) is 36.1. The lowest BCUT2D eigenvalue weighted by atomic mass is 9.88. The van der Waals surface area contributed by atoms with Gasteiger partial charge in [-0.25, -0.2) is 4.79 Å². The number of ether oxygens (including phenoxy) is 1. The molecule has 0 atom stereocenters. The van der Waals surface area contributed by atoms with E-state index in [2.05, 4.69) is 6.58 Å². The van der Waals surface area contributed by atoms with Crippen molar-refractivity contribution in [1.29, 1.82) is 0 Å². The van der Waals surface area contributed by atoms with Gasteiger partial charge in [-0.15, -0.1) is 0 Å². The molecular formula is C34H22F12O2. The molecule has 0 saturated carbocycles. The second-order valence-corrected chi connectivity index (χ2v) is 10.5. The summed E-state index contributed by atoms with van der Waals surface area (Å²) in [6.07, 6.45) is -19.0. The maximum Gasteiger partial charge on any atom is 0.416 e. The van der Waals surface area contributed by atoms with Crippen LogP contribution >= 0.6 is 0 Å². The van der Waals surface area contributed by atoms with Crippen LogP contribution in [0.4, 0.5) is 52.7 Å². The predicted octanol–water partition coefficient (Wildman–Crippen LogP) is 11.4. The molecular weight excluding hydrogens is 668 g/mol. The van der Waals surface area contributed by atoms with Gasteiger partial charge in [-0.05, 0) is 94.3 Å². The van der Waals surface area contributed by atoms with Gasteiger partial charge in [0.2, 0.25) is 0 Å². The minimum atomic E-state index is -5.19. The lowest BCUT2D eigenvalue weighted by molar-refractivity contribution is -0.144. The second-order valence-electron chi connectivity index (χ2n) is 10.5. The molecule has 4 aromatic rings. The number of alkyl halides is 12. The van der Waals surface area contributed by atoms with Gasteiger partial charge < -0.3 is 4.74 Å². The Balaban J connectivity index is 1.91. The quantitative estimate of drug-likeness (QED) is 0.0796. The van der Waals surface area contributed by atoms with Crippen LogP contribution in [0.25, 0.3) is 33.4 Å². The SMILES string of the molecule is C=CC(=O)OCCCc1ccc(-c2cc(-c3cc(C(F)(F)F)cc(C(F)(F)F)c3)ccc2-c2cc(C(F)(F)F)cc(C(F)(F)F)c2)cc1. The van der Waals surface area contributed by atoms with Gasteiger partial charge in [0.15, 0.2) is 0 Å². The average molecular weight is 691 g/mol. The van der Waals surface area contributed by atoms with Crippen LogP contribution in [-0.2, 0) is 40.7 Å². The Morgan fingerprint density at radius 1 is 0.542 bits per heavy atom. The second kappa shape index (κ2) is 13.4. The van der Waals surface area contributed by atoms with Crippen LogP contribution in [-0.4, -0.2) is 12.6 Å². The van der Waals surface area contributed by atoms with Crippen LogP contribution in [0.1, 0.15) is 34.2 Å². The van der Waals surface area contributed by atoms with Crippen LogP contribution in [0, 0.1) is 0 Å². The van der Waals surface area contributed by atoms with Crippen molar-refractivity contribution in [3.8, 4) is 33.4 Å². The highest BCUT2D eigenvalue weighted by Gasteiger charge is 2.38. The summed E-state index contributed by atoms with van der Waals surface area (Å²) in [5.74, 6) is -0.635. The zero-order valence-corrected chi connectivity index (χ0v) is 24.3. The monoisotopic (exact) mass is 690 g/mol. The third kappa shape index (κ3) is 8.78. The highest BCUT2D eigenvalue weighted by molar-refractivity contribution is 5.88. The van der Waals surface area contributed by atoms with E-state index in [1.807, 2.05) is 0 Å². The van der Waals surface area contributed by atoms with Crippen molar-refractivity contribution < 1.29 is 62.2 Å². The lowest BCUT2D eigenvalue weighted by Crippen LogP contribution is -2.11. The minimum Gasteiger partial charge on any atom is -0.463 e. The average Bonchev–Trinajstić information content (AvgIpc) is 3.01. The molecule has 0 aromatic heterocycles. The number of carbonyl (C=O) groups excluding carboxylic acids is 1. The van der Waals surface area contributed by atoms with Gasteiger partial charge in [0, 0.05) is 6.08 Å². The summed E-state index contributed by atoms with van der Waals surface area (Å²) < 4.78 is 168. The number of benzene rings is 4.